The number of benzene rings is 2. The van der Waals surface area contributed by atoms with Gasteiger partial charge in [0.2, 0.25) is 5.91 Å². The van der Waals surface area contributed by atoms with Crippen LogP contribution in [0.2, 0.25) is 0 Å². The maximum absolute atomic E-state index is 13.8. The van der Waals surface area contributed by atoms with Gasteiger partial charge in [-0.15, -0.1) is 0 Å². The third-order valence-corrected chi connectivity index (χ3v) is 6.95. The lowest BCUT2D eigenvalue weighted by atomic mass is 9.74. The molecule has 2 fully saturated rings. The van der Waals surface area contributed by atoms with Crippen molar-refractivity contribution in [2.45, 2.75) is 38.1 Å². The minimum atomic E-state index is -0.445. The van der Waals surface area contributed by atoms with Crippen molar-refractivity contribution in [3.05, 3.63) is 53.8 Å². The molecule has 6 heteroatoms. The molecule has 0 saturated carbocycles. The number of carbonyl (C=O) groups is 1. The Balaban J connectivity index is 1.50. The van der Waals surface area contributed by atoms with Crippen LogP contribution in [0.25, 0.3) is 11.1 Å². The number of piperidine rings is 1. The summed E-state index contributed by atoms with van der Waals surface area (Å²) in [5, 5.41) is 3.35. The summed E-state index contributed by atoms with van der Waals surface area (Å²) in [6.07, 6.45) is 4.13. The molecule has 2 heterocycles. The topological polar surface area (TPSA) is 50.8 Å². The number of amides is 1. The molecule has 2 aliphatic heterocycles. The first-order chi connectivity index (χ1) is 15.5. The molecule has 2 saturated heterocycles. The first kappa shape index (κ1) is 22.7. The fourth-order valence-electron chi connectivity index (χ4n) is 4.84. The normalized spacial score (nSPS) is 19.5. The highest BCUT2D eigenvalue weighted by molar-refractivity contribution is 5.83. The summed E-state index contributed by atoms with van der Waals surface area (Å²) in [5.41, 5.74) is 2.27. The number of halogens is 1. The highest BCUT2D eigenvalue weighted by Gasteiger charge is 2.41. The molecule has 1 N–H and O–H groups in total. The summed E-state index contributed by atoms with van der Waals surface area (Å²) < 4.78 is 24.8. The molecule has 0 unspecified atom stereocenters. The molecular formula is C26H33FN2O3. The molecule has 5 nitrogen and oxygen atoms in total. The van der Waals surface area contributed by atoms with Crippen LogP contribution in [-0.4, -0.2) is 57.3 Å². The molecule has 4 rings (SSSR count). The summed E-state index contributed by atoms with van der Waals surface area (Å²) in [7, 11) is 3.71. The van der Waals surface area contributed by atoms with Crippen LogP contribution in [0.15, 0.2) is 42.5 Å². The van der Waals surface area contributed by atoms with Crippen molar-refractivity contribution >= 4 is 5.91 Å². The van der Waals surface area contributed by atoms with E-state index >= 15 is 0 Å². The number of rotatable bonds is 6. The fraction of sp³-hybridized carbons (Fsp3) is 0.500. The zero-order chi connectivity index (χ0) is 22.6. The zero-order valence-electron chi connectivity index (χ0n) is 19.0. The van der Waals surface area contributed by atoms with Crippen LogP contribution in [0.3, 0.4) is 0 Å². The van der Waals surface area contributed by atoms with Gasteiger partial charge in [-0.25, -0.2) is 4.39 Å². The van der Waals surface area contributed by atoms with Gasteiger partial charge in [0.25, 0.3) is 0 Å². The van der Waals surface area contributed by atoms with Gasteiger partial charge in [-0.2, -0.15) is 0 Å². The van der Waals surface area contributed by atoms with Crippen molar-refractivity contribution in [1.29, 1.82) is 0 Å². The molecule has 172 valence electrons. The quantitative estimate of drug-likeness (QED) is 0.736. The highest BCUT2D eigenvalue weighted by atomic mass is 19.1. The Morgan fingerprint density at radius 1 is 1.16 bits per heavy atom. The minimum absolute atomic E-state index is 0.159. The summed E-state index contributed by atoms with van der Waals surface area (Å²) in [4.78, 5) is 15.8. The van der Waals surface area contributed by atoms with Crippen LogP contribution in [0.5, 0.6) is 5.75 Å². The highest BCUT2D eigenvalue weighted by Crippen LogP contribution is 2.36. The van der Waals surface area contributed by atoms with Crippen LogP contribution in [0.4, 0.5) is 4.39 Å². The Morgan fingerprint density at radius 3 is 2.50 bits per heavy atom. The maximum atomic E-state index is 13.8. The molecule has 0 atom stereocenters. The molecule has 0 aliphatic carbocycles. The number of ether oxygens (including phenoxy) is 2. The smallest absolute Gasteiger partial charge is 0.226 e. The average molecular weight is 441 g/mol. The van der Waals surface area contributed by atoms with E-state index in [1.165, 1.54) is 12.1 Å². The lowest BCUT2D eigenvalue weighted by molar-refractivity contribution is -0.137. The van der Waals surface area contributed by atoms with Gasteiger partial charge in [0.1, 0.15) is 11.6 Å². The number of carbonyl (C=O) groups excluding carboxylic acids is 1. The van der Waals surface area contributed by atoms with Crippen molar-refractivity contribution < 1.29 is 18.7 Å². The molecule has 0 spiro atoms. The summed E-state index contributed by atoms with van der Waals surface area (Å²) in [5.74, 6) is 0.500. The lowest BCUT2D eigenvalue weighted by Gasteiger charge is -2.38. The molecule has 0 radical (unpaired) electrons. The van der Waals surface area contributed by atoms with Crippen LogP contribution in [0.1, 0.15) is 31.2 Å². The van der Waals surface area contributed by atoms with E-state index in [-0.39, 0.29) is 17.8 Å². The largest absolute Gasteiger partial charge is 0.496 e. The molecular weight excluding hydrogens is 407 g/mol. The van der Waals surface area contributed by atoms with Crippen molar-refractivity contribution in [3.63, 3.8) is 0 Å². The number of methoxy groups -OCH3 is 1. The van der Waals surface area contributed by atoms with Gasteiger partial charge in [0.15, 0.2) is 0 Å². The molecule has 1 amide bonds. The Hall–Kier alpha value is -2.44. The zero-order valence-corrected chi connectivity index (χ0v) is 19.0. The predicted octanol–water partition coefficient (Wildman–Crippen LogP) is 4.05. The Kier molecular flexibility index (Phi) is 7.11. The lowest BCUT2D eigenvalue weighted by Crippen LogP contribution is -2.51. The summed E-state index contributed by atoms with van der Waals surface area (Å²) in [6.45, 7) is 3.26. The fourth-order valence-corrected chi connectivity index (χ4v) is 4.84. The SMILES string of the molecule is COc1ccc(F)cc1-c1ccc(CC2(C(=O)NC3CCN(C)CC3)CCOCC2)cc1. The average Bonchev–Trinajstić information content (AvgIpc) is 2.81. The van der Waals surface area contributed by atoms with E-state index in [0.29, 0.717) is 25.4 Å². The van der Waals surface area contributed by atoms with Gasteiger partial charge in [-0.05, 0) is 81.6 Å². The third kappa shape index (κ3) is 5.13. The van der Waals surface area contributed by atoms with E-state index in [0.717, 1.165) is 55.5 Å². The number of hydrogen-bond donors (Lipinski definition) is 1. The second-order valence-electron chi connectivity index (χ2n) is 9.16. The second kappa shape index (κ2) is 10.0. The van der Waals surface area contributed by atoms with Crippen LogP contribution in [-0.2, 0) is 16.0 Å². The van der Waals surface area contributed by atoms with E-state index in [2.05, 4.69) is 17.3 Å². The Labute approximate surface area is 189 Å². The Bertz CT molecular complexity index is 917. The van der Waals surface area contributed by atoms with Crippen molar-refractivity contribution in [2.24, 2.45) is 5.41 Å². The number of likely N-dealkylation sites (tertiary alicyclic amines) is 1. The molecule has 32 heavy (non-hydrogen) atoms. The Morgan fingerprint density at radius 2 is 1.84 bits per heavy atom. The number of nitrogens with zero attached hydrogens (tertiary/aromatic N) is 1. The minimum Gasteiger partial charge on any atom is -0.496 e. The van der Waals surface area contributed by atoms with Crippen LogP contribution < -0.4 is 10.1 Å². The van der Waals surface area contributed by atoms with Gasteiger partial charge in [-0.3, -0.25) is 4.79 Å². The van der Waals surface area contributed by atoms with Gasteiger partial charge < -0.3 is 19.7 Å². The van der Waals surface area contributed by atoms with Crippen LogP contribution >= 0.6 is 0 Å². The second-order valence-corrected chi connectivity index (χ2v) is 9.16. The van der Waals surface area contributed by atoms with E-state index in [4.69, 9.17) is 9.47 Å². The van der Waals surface area contributed by atoms with Crippen molar-refractivity contribution in [3.8, 4) is 16.9 Å². The first-order valence-electron chi connectivity index (χ1n) is 11.5. The molecule has 0 aromatic heterocycles. The van der Waals surface area contributed by atoms with Gasteiger partial charge >= 0.3 is 0 Å². The molecule has 2 aromatic carbocycles. The third-order valence-electron chi connectivity index (χ3n) is 6.95. The monoisotopic (exact) mass is 440 g/mol. The van der Waals surface area contributed by atoms with E-state index < -0.39 is 5.41 Å². The molecule has 2 aliphatic rings. The van der Waals surface area contributed by atoms with Gasteiger partial charge in [0, 0.05) is 24.8 Å². The van der Waals surface area contributed by atoms with Gasteiger partial charge in [-0.1, -0.05) is 24.3 Å². The summed E-state index contributed by atoms with van der Waals surface area (Å²) in [6, 6.07) is 12.8. The number of nitrogens with one attached hydrogen (secondary N) is 1. The maximum Gasteiger partial charge on any atom is 0.226 e. The summed E-state index contributed by atoms with van der Waals surface area (Å²) >= 11 is 0. The van der Waals surface area contributed by atoms with E-state index in [1.54, 1.807) is 13.2 Å². The van der Waals surface area contributed by atoms with E-state index in [9.17, 15) is 9.18 Å². The van der Waals surface area contributed by atoms with E-state index in [1.807, 2.05) is 24.3 Å². The molecule has 2 aromatic rings. The van der Waals surface area contributed by atoms with Crippen LogP contribution in [0, 0.1) is 11.2 Å². The van der Waals surface area contributed by atoms with Crippen molar-refractivity contribution in [2.75, 3.05) is 40.5 Å². The number of hydrogen-bond acceptors (Lipinski definition) is 4. The standard InChI is InChI=1S/C26H33FN2O3/c1-29-13-9-22(10-14-29)28-25(30)26(11-15-32-16-12-26)18-19-3-5-20(6-4-19)23-17-21(27)7-8-24(23)31-2/h3-8,17,22H,9-16,18H2,1-2H3,(H,28,30). The predicted molar refractivity (Wildman–Crippen MR) is 123 cm³/mol. The molecule has 0 bridgehead atoms. The first-order valence-corrected chi connectivity index (χ1v) is 11.5. The van der Waals surface area contributed by atoms with Gasteiger partial charge in [0.05, 0.1) is 12.5 Å². The van der Waals surface area contributed by atoms with Crippen molar-refractivity contribution in [1.82, 2.24) is 10.2 Å².